The van der Waals surface area contributed by atoms with E-state index in [0.717, 1.165) is 48.2 Å². The molecule has 0 saturated carbocycles. The summed E-state index contributed by atoms with van der Waals surface area (Å²) < 4.78 is 0. The Kier molecular flexibility index (Phi) is 3.76. The molecule has 0 bridgehead atoms. The van der Waals surface area contributed by atoms with Gasteiger partial charge in [0.15, 0.2) is 0 Å². The molecule has 1 aromatic carbocycles. The van der Waals surface area contributed by atoms with E-state index in [0.29, 0.717) is 18.5 Å². The maximum atomic E-state index is 12.5. The summed E-state index contributed by atoms with van der Waals surface area (Å²) >= 11 is 0. The molecule has 5 nitrogen and oxygen atoms in total. The average molecular weight is 321 g/mol. The number of hydrogen-bond donors (Lipinski definition) is 1. The number of nitrogens with zero attached hydrogens (tertiary/aromatic N) is 2. The highest BCUT2D eigenvalue weighted by molar-refractivity contribution is 6.00. The molecular formula is C19H19N3O2. The molecule has 0 atom stereocenters. The van der Waals surface area contributed by atoms with E-state index in [1.165, 1.54) is 0 Å². The Bertz CT molecular complexity index is 785. The van der Waals surface area contributed by atoms with Crippen LogP contribution in [0.4, 0.5) is 5.69 Å². The van der Waals surface area contributed by atoms with E-state index in [1.807, 2.05) is 29.2 Å². The highest BCUT2D eigenvalue weighted by Gasteiger charge is 2.30. The number of rotatable bonds is 3. The second-order valence-corrected chi connectivity index (χ2v) is 6.34. The number of carbonyl (C=O) groups is 2. The van der Waals surface area contributed by atoms with Crippen LogP contribution in [0.5, 0.6) is 0 Å². The van der Waals surface area contributed by atoms with Crippen LogP contribution < -0.4 is 10.2 Å². The maximum Gasteiger partial charge on any atom is 0.251 e. The number of nitrogens with one attached hydrogen (secondary N) is 1. The van der Waals surface area contributed by atoms with Crippen LogP contribution in [0.2, 0.25) is 0 Å². The first-order valence-corrected chi connectivity index (χ1v) is 8.35. The number of anilines is 1. The van der Waals surface area contributed by atoms with E-state index in [4.69, 9.17) is 0 Å². The number of hydrogen-bond acceptors (Lipinski definition) is 3. The zero-order valence-corrected chi connectivity index (χ0v) is 13.4. The predicted molar refractivity (Wildman–Crippen MR) is 90.8 cm³/mol. The molecule has 3 heterocycles. The lowest BCUT2D eigenvalue weighted by molar-refractivity contribution is -0.119. The number of aryl methyl sites for hydroxylation is 2. The Morgan fingerprint density at radius 2 is 2.04 bits per heavy atom. The molecule has 1 aromatic heterocycles. The Hall–Kier alpha value is -2.69. The lowest BCUT2D eigenvalue weighted by atomic mass is 9.89. The molecule has 0 aliphatic carbocycles. The van der Waals surface area contributed by atoms with Crippen LogP contribution in [-0.2, 0) is 24.2 Å². The molecule has 2 aliphatic heterocycles. The van der Waals surface area contributed by atoms with Gasteiger partial charge in [-0.2, -0.15) is 0 Å². The van der Waals surface area contributed by atoms with Crippen molar-refractivity contribution in [3.63, 3.8) is 0 Å². The van der Waals surface area contributed by atoms with Gasteiger partial charge in [0.2, 0.25) is 5.91 Å². The summed E-state index contributed by atoms with van der Waals surface area (Å²) in [6.45, 7) is 1.26. The monoisotopic (exact) mass is 321 g/mol. The average Bonchev–Trinajstić information content (AvgIpc) is 2.63. The van der Waals surface area contributed by atoms with Crippen LogP contribution in [0.25, 0.3) is 0 Å². The van der Waals surface area contributed by atoms with E-state index in [2.05, 4.69) is 10.3 Å². The van der Waals surface area contributed by atoms with Crippen molar-refractivity contribution >= 4 is 17.5 Å². The number of pyridine rings is 1. The molecule has 0 fully saturated rings. The zero-order valence-electron chi connectivity index (χ0n) is 13.4. The molecular weight excluding hydrogens is 302 g/mol. The summed E-state index contributed by atoms with van der Waals surface area (Å²) in [7, 11) is 0. The minimum absolute atomic E-state index is 0.0769. The normalized spacial score (nSPS) is 15.8. The number of benzene rings is 1. The quantitative estimate of drug-likeness (QED) is 0.943. The van der Waals surface area contributed by atoms with Gasteiger partial charge in [0.05, 0.1) is 5.69 Å². The molecule has 2 aliphatic rings. The van der Waals surface area contributed by atoms with Gasteiger partial charge in [-0.15, -0.1) is 0 Å². The van der Waals surface area contributed by atoms with E-state index < -0.39 is 0 Å². The van der Waals surface area contributed by atoms with Crippen molar-refractivity contribution in [2.75, 3.05) is 11.4 Å². The van der Waals surface area contributed by atoms with Gasteiger partial charge in [-0.05, 0) is 54.2 Å². The van der Waals surface area contributed by atoms with Crippen LogP contribution in [0.3, 0.4) is 0 Å². The fraction of sp³-hybridized carbons (Fsp3) is 0.316. The lowest BCUT2D eigenvalue weighted by Gasteiger charge is -2.35. The van der Waals surface area contributed by atoms with Crippen LogP contribution in [0.15, 0.2) is 36.7 Å². The molecule has 2 aromatic rings. The summed E-state index contributed by atoms with van der Waals surface area (Å²) in [4.78, 5) is 30.6. The van der Waals surface area contributed by atoms with Crippen molar-refractivity contribution in [2.24, 2.45) is 0 Å². The van der Waals surface area contributed by atoms with Gasteiger partial charge in [-0.1, -0.05) is 6.07 Å². The third-order valence-corrected chi connectivity index (χ3v) is 4.71. The van der Waals surface area contributed by atoms with Gasteiger partial charge in [0.25, 0.3) is 5.91 Å². The third-order valence-electron chi connectivity index (χ3n) is 4.71. The van der Waals surface area contributed by atoms with Gasteiger partial charge < -0.3 is 10.2 Å². The second-order valence-electron chi connectivity index (χ2n) is 6.34. The topological polar surface area (TPSA) is 62.3 Å². The smallest absolute Gasteiger partial charge is 0.251 e. The maximum absolute atomic E-state index is 12.5. The molecule has 0 spiro atoms. The molecule has 1 N–H and O–H groups in total. The summed E-state index contributed by atoms with van der Waals surface area (Å²) in [5.74, 6) is 0.129. The van der Waals surface area contributed by atoms with E-state index in [-0.39, 0.29) is 11.8 Å². The van der Waals surface area contributed by atoms with Crippen molar-refractivity contribution in [2.45, 2.75) is 32.2 Å². The Morgan fingerprint density at radius 1 is 1.21 bits per heavy atom. The first-order valence-electron chi connectivity index (χ1n) is 8.35. The minimum atomic E-state index is -0.0769. The second kappa shape index (κ2) is 6.07. The van der Waals surface area contributed by atoms with Crippen molar-refractivity contribution in [3.8, 4) is 0 Å². The number of amides is 2. The van der Waals surface area contributed by atoms with Crippen molar-refractivity contribution in [3.05, 3.63) is 58.9 Å². The van der Waals surface area contributed by atoms with E-state index >= 15 is 0 Å². The third kappa shape index (κ3) is 2.66. The lowest BCUT2D eigenvalue weighted by Crippen LogP contribution is -2.39. The summed E-state index contributed by atoms with van der Waals surface area (Å²) in [6.07, 6.45) is 6.61. The predicted octanol–water partition coefficient (Wildman–Crippen LogP) is 2.24. The van der Waals surface area contributed by atoms with Gasteiger partial charge in [-0.3, -0.25) is 14.6 Å². The summed E-state index contributed by atoms with van der Waals surface area (Å²) in [5, 5.41) is 2.95. The van der Waals surface area contributed by atoms with Gasteiger partial charge >= 0.3 is 0 Å². The standard InChI is InChI=1S/C19H19N3O2/c23-17-6-5-15-10-16(9-14-4-2-8-22(17)18(14)15)19(24)21-12-13-3-1-7-20-11-13/h1,3,7,9-11H,2,4-6,8,12H2,(H,21,24). The van der Waals surface area contributed by atoms with Crippen LogP contribution in [0, 0.1) is 0 Å². The molecule has 0 unspecified atom stereocenters. The summed E-state index contributed by atoms with van der Waals surface area (Å²) in [5.41, 5.74) is 4.96. The van der Waals surface area contributed by atoms with Crippen LogP contribution in [-0.4, -0.2) is 23.3 Å². The Labute approximate surface area is 140 Å². The zero-order chi connectivity index (χ0) is 16.5. The highest BCUT2D eigenvalue weighted by Crippen LogP contribution is 2.36. The molecule has 5 heteroatoms. The van der Waals surface area contributed by atoms with Crippen molar-refractivity contribution < 1.29 is 9.59 Å². The Balaban J connectivity index is 1.58. The fourth-order valence-corrected chi connectivity index (χ4v) is 3.57. The molecule has 0 radical (unpaired) electrons. The molecule has 122 valence electrons. The first-order chi connectivity index (χ1) is 11.7. The largest absolute Gasteiger partial charge is 0.348 e. The number of carbonyl (C=O) groups excluding carboxylic acids is 2. The fourth-order valence-electron chi connectivity index (χ4n) is 3.57. The molecule has 24 heavy (non-hydrogen) atoms. The van der Waals surface area contributed by atoms with Crippen molar-refractivity contribution in [1.29, 1.82) is 0 Å². The van der Waals surface area contributed by atoms with Gasteiger partial charge in [-0.25, -0.2) is 0 Å². The summed E-state index contributed by atoms with van der Waals surface area (Å²) in [6, 6.07) is 7.69. The van der Waals surface area contributed by atoms with E-state index in [9.17, 15) is 9.59 Å². The molecule has 4 rings (SSSR count). The minimum Gasteiger partial charge on any atom is -0.348 e. The Morgan fingerprint density at radius 3 is 2.83 bits per heavy atom. The van der Waals surface area contributed by atoms with Crippen LogP contribution in [0.1, 0.15) is 39.9 Å². The number of aromatic nitrogens is 1. The highest BCUT2D eigenvalue weighted by atomic mass is 16.2. The van der Waals surface area contributed by atoms with E-state index in [1.54, 1.807) is 12.4 Å². The SMILES string of the molecule is O=C(NCc1cccnc1)c1cc2c3c(c1)CCC(=O)N3CCC2. The van der Waals surface area contributed by atoms with Crippen LogP contribution >= 0.6 is 0 Å². The van der Waals surface area contributed by atoms with Gasteiger partial charge in [0, 0.05) is 37.5 Å². The van der Waals surface area contributed by atoms with Gasteiger partial charge in [0.1, 0.15) is 0 Å². The first kappa shape index (κ1) is 14.9. The molecule has 0 saturated heterocycles. The molecule has 2 amide bonds. The van der Waals surface area contributed by atoms with Crippen molar-refractivity contribution in [1.82, 2.24) is 10.3 Å².